The van der Waals surface area contributed by atoms with Crippen molar-refractivity contribution >= 4 is 0 Å². The SMILES string of the molecule is OCC1CC(O)(O)C(O)(O)CO1. The first-order chi connectivity index (χ1) is 5.39. The highest BCUT2D eigenvalue weighted by molar-refractivity contribution is 4.89. The quantitative estimate of drug-likeness (QED) is 0.277. The maximum Gasteiger partial charge on any atom is 0.242 e. The van der Waals surface area contributed by atoms with E-state index in [1.165, 1.54) is 0 Å². The van der Waals surface area contributed by atoms with Crippen molar-refractivity contribution in [3.05, 3.63) is 0 Å². The highest BCUT2D eigenvalue weighted by Gasteiger charge is 2.52. The lowest BCUT2D eigenvalue weighted by Gasteiger charge is -2.41. The van der Waals surface area contributed by atoms with Gasteiger partial charge in [-0.3, -0.25) is 0 Å². The number of aliphatic hydroxyl groups is 5. The van der Waals surface area contributed by atoms with Crippen molar-refractivity contribution in [3.8, 4) is 0 Å². The van der Waals surface area contributed by atoms with Crippen LogP contribution in [0.15, 0.2) is 0 Å². The topological polar surface area (TPSA) is 110 Å². The van der Waals surface area contributed by atoms with Crippen molar-refractivity contribution < 1.29 is 30.3 Å². The Bertz CT molecular complexity index is 165. The molecule has 12 heavy (non-hydrogen) atoms. The average Bonchev–Trinajstić information content (AvgIpc) is 1.95. The Morgan fingerprint density at radius 1 is 1.17 bits per heavy atom. The fourth-order valence-electron chi connectivity index (χ4n) is 1.01. The van der Waals surface area contributed by atoms with Crippen molar-refractivity contribution in [2.45, 2.75) is 24.1 Å². The molecule has 1 rings (SSSR count). The molecule has 5 N–H and O–H groups in total. The number of ether oxygens (including phenoxy) is 1. The minimum absolute atomic E-state index is 0.390. The summed E-state index contributed by atoms with van der Waals surface area (Å²) in [6.45, 7) is -1.02. The van der Waals surface area contributed by atoms with Gasteiger partial charge in [0.25, 0.3) is 0 Å². The normalized spacial score (nSPS) is 33.2. The summed E-state index contributed by atoms with van der Waals surface area (Å²) in [4.78, 5) is 0. The van der Waals surface area contributed by atoms with E-state index in [0.29, 0.717) is 0 Å². The van der Waals surface area contributed by atoms with Crippen LogP contribution in [0.3, 0.4) is 0 Å². The third-order valence-electron chi connectivity index (χ3n) is 1.88. The third-order valence-corrected chi connectivity index (χ3v) is 1.88. The van der Waals surface area contributed by atoms with Gasteiger partial charge in [0.15, 0.2) is 0 Å². The molecule has 0 aliphatic carbocycles. The summed E-state index contributed by atoms with van der Waals surface area (Å²) in [6, 6.07) is 0. The van der Waals surface area contributed by atoms with Crippen LogP contribution in [-0.2, 0) is 4.74 Å². The second-order valence-corrected chi connectivity index (χ2v) is 2.95. The van der Waals surface area contributed by atoms with Gasteiger partial charge in [-0.15, -0.1) is 0 Å². The summed E-state index contributed by atoms with van der Waals surface area (Å²) in [7, 11) is 0. The Balaban J connectivity index is 2.68. The van der Waals surface area contributed by atoms with Crippen LogP contribution in [0.1, 0.15) is 6.42 Å². The number of rotatable bonds is 1. The summed E-state index contributed by atoms with van der Waals surface area (Å²) >= 11 is 0. The van der Waals surface area contributed by atoms with Crippen molar-refractivity contribution in [1.29, 1.82) is 0 Å². The lowest BCUT2D eigenvalue weighted by molar-refractivity contribution is -0.400. The van der Waals surface area contributed by atoms with Gasteiger partial charge >= 0.3 is 0 Å². The second-order valence-electron chi connectivity index (χ2n) is 2.95. The van der Waals surface area contributed by atoms with Gasteiger partial charge in [-0.2, -0.15) is 0 Å². The number of hydrogen-bond acceptors (Lipinski definition) is 6. The maximum atomic E-state index is 9.07. The van der Waals surface area contributed by atoms with Crippen LogP contribution < -0.4 is 0 Å². The van der Waals surface area contributed by atoms with Crippen LogP contribution in [0, 0.1) is 0 Å². The summed E-state index contributed by atoms with van der Waals surface area (Å²) < 4.78 is 4.71. The average molecular weight is 180 g/mol. The zero-order valence-electron chi connectivity index (χ0n) is 6.34. The molecule has 72 valence electrons. The molecule has 0 aromatic heterocycles. The molecule has 1 fully saturated rings. The molecule has 1 atom stereocenters. The van der Waals surface area contributed by atoms with E-state index in [9.17, 15) is 0 Å². The Kier molecular flexibility index (Phi) is 2.39. The maximum absolute atomic E-state index is 9.07. The zero-order valence-corrected chi connectivity index (χ0v) is 6.34. The lowest BCUT2D eigenvalue weighted by atomic mass is 9.97. The summed E-state index contributed by atoms with van der Waals surface area (Å²) in [6.07, 6.45) is -1.20. The molecule has 1 saturated heterocycles. The van der Waals surface area contributed by atoms with E-state index < -0.39 is 30.7 Å². The minimum Gasteiger partial charge on any atom is -0.394 e. The van der Waals surface area contributed by atoms with Gasteiger partial charge in [0, 0.05) is 6.42 Å². The number of hydrogen-bond donors (Lipinski definition) is 5. The fraction of sp³-hybridized carbons (Fsp3) is 1.00. The first-order valence-corrected chi connectivity index (χ1v) is 3.51. The molecule has 1 heterocycles. The molecule has 0 amide bonds. The van der Waals surface area contributed by atoms with Crippen molar-refractivity contribution in [3.63, 3.8) is 0 Å². The predicted molar refractivity (Wildman–Crippen MR) is 35.8 cm³/mol. The molecule has 1 unspecified atom stereocenters. The van der Waals surface area contributed by atoms with E-state index in [1.807, 2.05) is 0 Å². The molecule has 1 aliphatic heterocycles. The van der Waals surface area contributed by atoms with E-state index in [0.717, 1.165) is 0 Å². The van der Waals surface area contributed by atoms with Gasteiger partial charge in [0.2, 0.25) is 11.6 Å². The van der Waals surface area contributed by atoms with E-state index in [2.05, 4.69) is 0 Å². The molecule has 6 nitrogen and oxygen atoms in total. The van der Waals surface area contributed by atoms with Crippen LogP contribution in [0.4, 0.5) is 0 Å². The highest BCUT2D eigenvalue weighted by atomic mass is 16.6. The highest BCUT2D eigenvalue weighted by Crippen LogP contribution is 2.28. The van der Waals surface area contributed by atoms with E-state index in [4.69, 9.17) is 30.3 Å². The molecule has 0 bridgehead atoms. The number of aliphatic hydroxyl groups excluding tert-OH is 1. The molecule has 0 saturated carbocycles. The van der Waals surface area contributed by atoms with Gasteiger partial charge < -0.3 is 30.3 Å². The Hall–Kier alpha value is -0.240. The van der Waals surface area contributed by atoms with Crippen molar-refractivity contribution in [2.75, 3.05) is 13.2 Å². The molecule has 1 aliphatic rings. The van der Waals surface area contributed by atoms with Gasteiger partial charge in [0.1, 0.15) is 6.61 Å². The minimum atomic E-state index is -2.67. The standard InChI is InChI=1S/C6H12O6/c7-2-4-1-5(8,9)6(10,11)3-12-4/h4,7-11H,1-3H2. The van der Waals surface area contributed by atoms with Crippen molar-refractivity contribution in [2.24, 2.45) is 0 Å². The summed E-state index contributed by atoms with van der Waals surface area (Å²) in [5.74, 6) is -5.29. The smallest absolute Gasteiger partial charge is 0.242 e. The van der Waals surface area contributed by atoms with Crippen LogP contribution in [-0.4, -0.2) is 56.4 Å². The van der Waals surface area contributed by atoms with Crippen LogP contribution >= 0.6 is 0 Å². The molecule has 0 spiro atoms. The third kappa shape index (κ3) is 1.58. The second kappa shape index (κ2) is 2.91. The molecule has 0 radical (unpaired) electrons. The first kappa shape index (κ1) is 9.85. The molecule has 0 aromatic rings. The fourth-order valence-corrected chi connectivity index (χ4v) is 1.01. The lowest BCUT2D eigenvalue weighted by Crippen LogP contribution is -2.63. The monoisotopic (exact) mass is 180 g/mol. The van der Waals surface area contributed by atoms with E-state index in [-0.39, 0.29) is 6.61 Å². The Morgan fingerprint density at radius 2 is 1.75 bits per heavy atom. The predicted octanol–water partition coefficient (Wildman–Crippen LogP) is -2.87. The van der Waals surface area contributed by atoms with Crippen molar-refractivity contribution in [1.82, 2.24) is 0 Å². The molecular formula is C6H12O6. The summed E-state index contributed by atoms with van der Waals surface area (Å²) in [5, 5.41) is 44.6. The van der Waals surface area contributed by atoms with Gasteiger partial charge in [0.05, 0.1) is 12.7 Å². The van der Waals surface area contributed by atoms with Gasteiger partial charge in [-0.25, -0.2) is 0 Å². The van der Waals surface area contributed by atoms with E-state index in [1.54, 1.807) is 0 Å². The summed E-state index contributed by atoms with van der Waals surface area (Å²) in [5.41, 5.74) is 0. The first-order valence-electron chi connectivity index (χ1n) is 3.51. The largest absolute Gasteiger partial charge is 0.394 e. The van der Waals surface area contributed by atoms with Gasteiger partial charge in [-0.05, 0) is 0 Å². The van der Waals surface area contributed by atoms with Crippen LogP contribution in [0.25, 0.3) is 0 Å². The molecule has 0 aromatic carbocycles. The van der Waals surface area contributed by atoms with E-state index >= 15 is 0 Å². The van der Waals surface area contributed by atoms with Gasteiger partial charge in [-0.1, -0.05) is 0 Å². The zero-order chi connectivity index (χ0) is 9.41. The molecule has 6 heteroatoms. The molecular weight excluding hydrogens is 168 g/mol. The van der Waals surface area contributed by atoms with Crippen LogP contribution in [0.5, 0.6) is 0 Å². The Labute approximate surface area is 68.6 Å². The Morgan fingerprint density at radius 3 is 2.17 bits per heavy atom. The van der Waals surface area contributed by atoms with Crippen LogP contribution in [0.2, 0.25) is 0 Å².